The number of halogens is 2. The van der Waals surface area contributed by atoms with Crippen LogP contribution in [-0.4, -0.2) is 9.97 Å². The van der Waals surface area contributed by atoms with E-state index in [4.69, 9.17) is 17.3 Å². The van der Waals surface area contributed by atoms with Crippen molar-refractivity contribution in [2.75, 3.05) is 5.73 Å². The summed E-state index contributed by atoms with van der Waals surface area (Å²) in [7, 11) is 0. The first kappa shape index (κ1) is 13.3. The Morgan fingerprint density at radius 3 is 2.61 bits per heavy atom. The molecule has 0 aliphatic rings. The topological polar surface area (TPSA) is 51.8 Å². The van der Waals surface area contributed by atoms with Crippen LogP contribution < -0.4 is 5.73 Å². The average Bonchev–Trinajstić information content (AvgIpc) is 2.32. The molecule has 0 unspecified atom stereocenters. The third-order valence-electron chi connectivity index (χ3n) is 2.78. The molecule has 0 bridgehead atoms. The lowest BCUT2D eigenvalue weighted by Gasteiger charge is -2.09. The van der Waals surface area contributed by atoms with Crippen molar-refractivity contribution >= 4 is 33.3 Å². The summed E-state index contributed by atoms with van der Waals surface area (Å²) in [5.41, 5.74) is 8.72. The summed E-state index contributed by atoms with van der Waals surface area (Å²) in [6.45, 7) is 3.99. The molecule has 2 aromatic rings. The Kier molecular flexibility index (Phi) is 3.88. The van der Waals surface area contributed by atoms with Crippen molar-refractivity contribution in [2.45, 2.75) is 20.3 Å². The fourth-order valence-corrected chi connectivity index (χ4v) is 2.25. The van der Waals surface area contributed by atoms with E-state index in [1.165, 1.54) is 0 Å². The van der Waals surface area contributed by atoms with Gasteiger partial charge in [0.05, 0.1) is 5.02 Å². The van der Waals surface area contributed by atoms with Crippen molar-refractivity contribution in [1.29, 1.82) is 0 Å². The number of nitrogen functional groups attached to an aromatic ring is 1. The molecular weight excluding hydrogens is 314 g/mol. The van der Waals surface area contributed by atoms with Crippen LogP contribution in [0.3, 0.4) is 0 Å². The van der Waals surface area contributed by atoms with E-state index >= 15 is 0 Å². The molecule has 0 saturated carbocycles. The highest BCUT2D eigenvalue weighted by molar-refractivity contribution is 9.10. The highest BCUT2D eigenvalue weighted by Gasteiger charge is 2.10. The predicted molar refractivity (Wildman–Crippen MR) is 78.7 cm³/mol. The molecule has 0 saturated heterocycles. The largest absolute Gasteiger partial charge is 0.383 e. The average molecular weight is 327 g/mol. The molecule has 0 amide bonds. The van der Waals surface area contributed by atoms with Gasteiger partial charge in [0.1, 0.15) is 5.82 Å². The lowest BCUT2D eigenvalue weighted by atomic mass is 10.1. The van der Waals surface area contributed by atoms with Gasteiger partial charge in [0.15, 0.2) is 5.82 Å². The van der Waals surface area contributed by atoms with E-state index in [2.05, 4.69) is 25.9 Å². The number of aromatic nitrogens is 2. The zero-order valence-corrected chi connectivity index (χ0v) is 12.5. The second kappa shape index (κ2) is 5.24. The summed E-state index contributed by atoms with van der Waals surface area (Å²) in [5.74, 6) is 1.15. The zero-order chi connectivity index (χ0) is 13.3. The van der Waals surface area contributed by atoms with Crippen LogP contribution in [0.1, 0.15) is 18.2 Å². The van der Waals surface area contributed by atoms with E-state index in [0.29, 0.717) is 16.7 Å². The number of anilines is 1. The van der Waals surface area contributed by atoms with Crippen molar-refractivity contribution in [3.05, 3.63) is 39.0 Å². The minimum atomic E-state index is 0.541. The van der Waals surface area contributed by atoms with E-state index < -0.39 is 0 Å². The fourth-order valence-electron chi connectivity index (χ4n) is 1.82. The third-order valence-corrected chi connectivity index (χ3v) is 4.01. The molecular formula is C13H13BrClN3. The number of hydrogen-bond acceptors (Lipinski definition) is 3. The first-order chi connectivity index (χ1) is 8.52. The molecule has 2 N–H and O–H groups in total. The van der Waals surface area contributed by atoms with Crippen molar-refractivity contribution in [2.24, 2.45) is 0 Å². The quantitative estimate of drug-likeness (QED) is 0.907. The van der Waals surface area contributed by atoms with Crippen molar-refractivity contribution < 1.29 is 0 Å². The Balaban J connectivity index is 2.54. The molecule has 3 nitrogen and oxygen atoms in total. The Morgan fingerprint density at radius 2 is 2.06 bits per heavy atom. The molecule has 94 valence electrons. The minimum absolute atomic E-state index is 0.541. The maximum Gasteiger partial charge on any atom is 0.161 e. The summed E-state index contributed by atoms with van der Waals surface area (Å²) >= 11 is 9.42. The number of benzene rings is 1. The van der Waals surface area contributed by atoms with Gasteiger partial charge >= 0.3 is 0 Å². The normalized spacial score (nSPS) is 10.7. The van der Waals surface area contributed by atoms with E-state index in [9.17, 15) is 0 Å². The summed E-state index contributed by atoms with van der Waals surface area (Å²) in [4.78, 5) is 8.82. The molecule has 18 heavy (non-hydrogen) atoms. The van der Waals surface area contributed by atoms with Gasteiger partial charge in [-0.2, -0.15) is 0 Å². The molecule has 0 spiro atoms. The summed E-state index contributed by atoms with van der Waals surface area (Å²) in [6.07, 6.45) is 0.832. The van der Waals surface area contributed by atoms with Crippen LogP contribution in [0.15, 0.2) is 22.7 Å². The molecule has 0 radical (unpaired) electrons. The van der Waals surface area contributed by atoms with Crippen LogP contribution in [-0.2, 0) is 6.42 Å². The number of hydrogen-bond donors (Lipinski definition) is 1. The molecule has 0 aliphatic carbocycles. The zero-order valence-electron chi connectivity index (χ0n) is 10.2. The molecule has 0 aliphatic heterocycles. The summed E-state index contributed by atoms with van der Waals surface area (Å²) < 4.78 is 0.850. The lowest BCUT2D eigenvalue weighted by Crippen LogP contribution is -2.04. The van der Waals surface area contributed by atoms with E-state index in [1.807, 2.05) is 32.0 Å². The van der Waals surface area contributed by atoms with Crippen LogP contribution in [0.2, 0.25) is 5.02 Å². The Hall–Kier alpha value is -1.13. The van der Waals surface area contributed by atoms with Crippen molar-refractivity contribution in [1.82, 2.24) is 9.97 Å². The highest BCUT2D eigenvalue weighted by Crippen LogP contribution is 2.28. The monoisotopic (exact) mass is 325 g/mol. The standard InChI is InChI=1S/C13H13BrClN3/c1-3-9-7(2)17-13(18-12(9)16)8-4-5-10(14)11(15)6-8/h4-6H,3H2,1-2H3,(H2,16,17,18). The van der Waals surface area contributed by atoms with Gasteiger partial charge in [-0.15, -0.1) is 0 Å². The lowest BCUT2D eigenvalue weighted by molar-refractivity contribution is 1.01. The van der Waals surface area contributed by atoms with Crippen LogP contribution in [0.5, 0.6) is 0 Å². The van der Waals surface area contributed by atoms with Gasteiger partial charge in [0.2, 0.25) is 0 Å². The Bertz CT molecular complexity index is 576. The summed E-state index contributed by atoms with van der Waals surface area (Å²) in [5, 5.41) is 0.631. The maximum absolute atomic E-state index is 6.07. The fraction of sp³-hybridized carbons (Fsp3) is 0.231. The van der Waals surface area contributed by atoms with Crippen LogP contribution in [0, 0.1) is 6.92 Å². The van der Waals surface area contributed by atoms with Gasteiger partial charge in [0.25, 0.3) is 0 Å². The van der Waals surface area contributed by atoms with Gasteiger partial charge in [-0.05, 0) is 47.5 Å². The van der Waals surface area contributed by atoms with Crippen LogP contribution in [0.25, 0.3) is 11.4 Å². The maximum atomic E-state index is 6.07. The first-order valence-corrected chi connectivity index (χ1v) is 6.78. The van der Waals surface area contributed by atoms with Crippen molar-refractivity contribution in [3.63, 3.8) is 0 Å². The van der Waals surface area contributed by atoms with Gasteiger partial charge in [-0.25, -0.2) is 9.97 Å². The molecule has 0 fully saturated rings. The Labute approximate surface area is 120 Å². The van der Waals surface area contributed by atoms with Gasteiger partial charge < -0.3 is 5.73 Å². The van der Waals surface area contributed by atoms with Crippen LogP contribution >= 0.6 is 27.5 Å². The number of rotatable bonds is 2. The van der Waals surface area contributed by atoms with Crippen molar-refractivity contribution in [3.8, 4) is 11.4 Å². The summed E-state index contributed by atoms with van der Waals surface area (Å²) in [6, 6.07) is 5.61. The minimum Gasteiger partial charge on any atom is -0.383 e. The SMILES string of the molecule is CCc1c(C)nc(-c2ccc(Br)c(Cl)c2)nc1N. The molecule has 1 heterocycles. The number of nitrogens with zero attached hydrogens (tertiary/aromatic N) is 2. The van der Waals surface area contributed by atoms with Gasteiger partial charge in [-0.3, -0.25) is 0 Å². The second-order valence-corrected chi connectivity index (χ2v) is 5.24. The third kappa shape index (κ3) is 2.49. The molecule has 0 atom stereocenters. The number of nitrogens with two attached hydrogens (primary N) is 1. The first-order valence-electron chi connectivity index (χ1n) is 5.61. The van der Waals surface area contributed by atoms with Crippen LogP contribution in [0.4, 0.5) is 5.82 Å². The Morgan fingerprint density at radius 1 is 1.33 bits per heavy atom. The predicted octanol–water partition coefficient (Wildman–Crippen LogP) is 4.01. The molecule has 2 rings (SSSR count). The molecule has 1 aromatic heterocycles. The highest BCUT2D eigenvalue weighted by atomic mass is 79.9. The molecule has 1 aromatic carbocycles. The van der Waals surface area contributed by atoms with Gasteiger partial charge in [-0.1, -0.05) is 18.5 Å². The van der Waals surface area contributed by atoms with E-state index in [-0.39, 0.29) is 0 Å². The van der Waals surface area contributed by atoms with Gasteiger partial charge in [0, 0.05) is 21.3 Å². The second-order valence-electron chi connectivity index (χ2n) is 3.98. The number of aryl methyl sites for hydroxylation is 1. The molecule has 5 heteroatoms. The van der Waals surface area contributed by atoms with E-state index in [0.717, 1.165) is 27.7 Å². The van der Waals surface area contributed by atoms with E-state index in [1.54, 1.807) is 0 Å². The smallest absolute Gasteiger partial charge is 0.161 e.